The Kier molecular flexibility index (Phi) is 5.43. The molecule has 1 heterocycles. The predicted octanol–water partition coefficient (Wildman–Crippen LogP) is 2.80. The Morgan fingerprint density at radius 3 is 2.58 bits per heavy atom. The molecule has 26 heavy (non-hydrogen) atoms. The molecule has 3 rings (SSSR count). The smallest absolute Gasteiger partial charge is 0.251 e. The van der Waals surface area contributed by atoms with Gasteiger partial charge in [-0.2, -0.15) is 5.10 Å². The minimum absolute atomic E-state index is 0.162. The number of hydrogen-bond acceptors (Lipinski definition) is 3. The van der Waals surface area contributed by atoms with Crippen molar-refractivity contribution in [3.63, 3.8) is 0 Å². The number of rotatable bonds is 6. The molecule has 0 aliphatic carbocycles. The van der Waals surface area contributed by atoms with Crippen molar-refractivity contribution in [1.82, 2.24) is 15.1 Å². The van der Waals surface area contributed by atoms with Crippen molar-refractivity contribution in [2.24, 2.45) is 0 Å². The Hall–Kier alpha value is -3.41. The van der Waals surface area contributed by atoms with Gasteiger partial charge >= 0.3 is 0 Å². The summed E-state index contributed by atoms with van der Waals surface area (Å²) in [6, 6.07) is 16.8. The molecule has 0 saturated heterocycles. The molecule has 0 spiro atoms. The molecule has 0 atom stereocenters. The second-order valence-corrected chi connectivity index (χ2v) is 5.88. The van der Waals surface area contributed by atoms with Gasteiger partial charge in [0.1, 0.15) is 0 Å². The Labute approximate surface area is 151 Å². The van der Waals surface area contributed by atoms with Crippen LogP contribution in [-0.4, -0.2) is 28.1 Å². The highest BCUT2D eigenvalue weighted by Crippen LogP contribution is 2.11. The molecule has 0 saturated carbocycles. The molecule has 2 amide bonds. The first-order chi connectivity index (χ1) is 12.6. The van der Waals surface area contributed by atoms with Crippen LogP contribution in [0, 0.1) is 0 Å². The van der Waals surface area contributed by atoms with E-state index >= 15 is 0 Å². The Morgan fingerprint density at radius 1 is 1.08 bits per heavy atom. The second-order valence-electron chi connectivity index (χ2n) is 5.88. The molecule has 132 valence electrons. The van der Waals surface area contributed by atoms with E-state index in [1.807, 2.05) is 36.5 Å². The van der Waals surface area contributed by atoms with E-state index in [0.29, 0.717) is 17.8 Å². The molecule has 0 radical (unpaired) electrons. The number of carbonyl (C=O) groups excluding carboxylic acids is 2. The highest BCUT2D eigenvalue weighted by molar-refractivity contribution is 5.96. The lowest BCUT2D eigenvalue weighted by Gasteiger charge is -2.08. The molecular formula is C20H20N4O2. The quantitative estimate of drug-likeness (QED) is 0.719. The number of hydrogen-bond donors (Lipinski definition) is 2. The van der Waals surface area contributed by atoms with Gasteiger partial charge in [-0.25, -0.2) is 4.68 Å². The van der Waals surface area contributed by atoms with Gasteiger partial charge in [0.25, 0.3) is 5.91 Å². The van der Waals surface area contributed by atoms with E-state index in [2.05, 4.69) is 15.7 Å². The average molecular weight is 348 g/mol. The molecule has 0 fully saturated rings. The molecule has 1 aromatic heterocycles. The summed E-state index contributed by atoms with van der Waals surface area (Å²) in [6.07, 6.45) is 4.37. The Morgan fingerprint density at radius 2 is 1.88 bits per heavy atom. The van der Waals surface area contributed by atoms with Crippen molar-refractivity contribution in [3.8, 4) is 5.69 Å². The van der Waals surface area contributed by atoms with Crippen LogP contribution in [0.1, 0.15) is 22.8 Å². The SMILES string of the molecule is CC(=O)Nc1cccc(C(=O)NCCc2ccc(-n3cccn3)cc2)c1. The number of nitrogens with one attached hydrogen (secondary N) is 2. The lowest BCUT2D eigenvalue weighted by Crippen LogP contribution is -2.25. The molecule has 2 aromatic carbocycles. The fraction of sp³-hybridized carbons (Fsp3) is 0.150. The summed E-state index contributed by atoms with van der Waals surface area (Å²) in [6.45, 7) is 1.97. The maximum absolute atomic E-state index is 12.2. The zero-order chi connectivity index (χ0) is 18.4. The van der Waals surface area contributed by atoms with E-state index in [1.165, 1.54) is 6.92 Å². The molecule has 0 unspecified atom stereocenters. The summed E-state index contributed by atoms with van der Waals surface area (Å²) in [5.74, 6) is -0.327. The third-order valence-electron chi connectivity index (χ3n) is 3.85. The fourth-order valence-corrected chi connectivity index (χ4v) is 2.60. The summed E-state index contributed by atoms with van der Waals surface area (Å²) in [4.78, 5) is 23.4. The highest BCUT2D eigenvalue weighted by Gasteiger charge is 2.06. The molecule has 6 nitrogen and oxygen atoms in total. The summed E-state index contributed by atoms with van der Waals surface area (Å²) >= 11 is 0. The zero-order valence-corrected chi connectivity index (χ0v) is 14.5. The van der Waals surface area contributed by atoms with Crippen molar-refractivity contribution < 1.29 is 9.59 Å². The minimum Gasteiger partial charge on any atom is -0.352 e. The van der Waals surface area contributed by atoms with E-state index < -0.39 is 0 Å². The molecule has 3 aromatic rings. The average Bonchev–Trinajstić information content (AvgIpc) is 3.16. The van der Waals surface area contributed by atoms with Crippen LogP contribution >= 0.6 is 0 Å². The number of carbonyl (C=O) groups is 2. The van der Waals surface area contributed by atoms with E-state index in [0.717, 1.165) is 17.7 Å². The van der Waals surface area contributed by atoms with Crippen LogP contribution in [-0.2, 0) is 11.2 Å². The van der Waals surface area contributed by atoms with Crippen LogP contribution in [0.3, 0.4) is 0 Å². The second kappa shape index (κ2) is 8.11. The van der Waals surface area contributed by atoms with Gasteiger partial charge in [-0.15, -0.1) is 0 Å². The van der Waals surface area contributed by atoms with Gasteiger partial charge in [0.2, 0.25) is 5.91 Å². The van der Waals surface area contributed by atoms with E-state index in [-0.39, 0.29) is 11.8 Å². The third kappa shape index (κ3) is 4.57. The van der Waals surface area contributed by atoms with Gasteiger partial charge in [0.15, 0.2) is 0 Å². The Bertz CT molecular complexity index is 886. The van der Waals surface area contributed by atoms with Crippen molar-refractivity contribution in [2.75, 3.05) is 11.9 Å². The molecule has 2 N–H and O–H groups in total. The normalized spacial score (nSPS) is 10.3. The van der Waals surface area contributed by atoms with Gasteiger partial charge in [-0.1, -0.05) is 18.2 Å². The lowest BCUT2D eigenvalue weighted by molar-refractivity contribution is -0.114. The number of amides is 2. The van der Waals surface area contributed by atoms with E-state index in [4.69, 9.17) is 0 Å². The summed E-state index contributed by atoms with van der Waals surface area (Å²) < 4.78 is 1.80. The topological polar surface area (TPSA) is 76.0 Å². The number of benzene rings is 2. The van der Waals surface area contributed by atoms with Crippen LogP contribution in [0.2, 0.25) is 0 Å². The van der Waals surface area contributed by atoms with Crippen molar-refractivity contribution in [3.05, 3.63) is 78.1 Å². The largest absolute Gasteiger partial charge is 0.352 e. The summed E-state index contributed by atoms with van der Waals surface area (Å²) in [5, 5.41) is 9.77. The first-order valence-electron chi connectivity index (χ1n) is 8.36. The van der Waals surface area contributed by atoms with Crippen molar-refractivity contribution in [1.29, 1.82) is 0 Å². The Balaban J connectivity index is 1.53. The molecular weight excluding hydrogens is 328 g/mol. The minimum atomic E-state index is -0.166. The van der Waals surface area contributed by atoms with Crippen molar-refractivity contribution >= 4 is 17.5 Å². The van der Waals surface area contributed by atoms with E-state index in [1.54, 1.807) is 35.1 Å². The standard InChI is InChI=1S/C20H20N4O2/c1-15(25)23-18-5-2-4-17(14-18)20(26)21-12-10-16-6-8-19(9-7-16)24-13-3-11-22-24/h2-9,11,13-14H,10,12H2,1H3,(H,21,26)(H,23,25). The number of anilines is 1. The van der Waals surface area contributed by atoms with Crippen molar-refractivity contribution in [2.45, 2.75) is 13.3 Å². The van der Waals surface area contributed by atoms with Gasteiger partial charge in [0.05, 0.1) is 5.69 Å². The highest BCUT2D eigenvalue weighted by atomic mass is 16.2. The van der Waals surface area contributed by atoms with Gasteiger partial charge in [-0.3, -0.25) is 9.59 Å². The van der Waals surface area contributed by atoms with Gasteiger partial charge in [-0.05, 0) is 48.4 Å². The first kappa shape index (κ1) is 17.4. The zero-order valence-electron chi connectivity index (χ0n) is 14.5. The fourth-order valence-electron chi connectivity index (χ4n) is 2.60. The van der Waals surface area contributed by atoms with Crippen LogP contribution in [0.5, 0.6) is 0 Å². The van der Waals surface area contributed by atoms with Crippen LogP contribution in [0.15, 0.2) is 67.0 Å². The van der Waals surface area contributed by atoms with Gasteiger partial charge < -0.3 is 10.6 Å². The predicted molar refractivity (Wildman–Crippen MR) is 100 cm³/mol. The van der Waals surface area contributed by atoms with Gasteiger partial charge in [0, 0.05) is 37.1 Å². The molecule has 6 heteroatoms. The maximum Gasteiger partial charge on any atom is 0.251 e. The number of nitrogens with zero attached hydrogens (tertiary/aromatic N) is 2. The first-order valence-corrected chi connectivity index (χ1v) is 8.36. The van der Waals surface area contributed by atoms with Crippen LogP contribution in [0.25, 0.3) is 5.69 Å². The molecule has 0 aliphatic rings. The monoisotopic (exact) mass is 348 g/mol. The molecule has 0 bridgehead atoms. The summed E-state index contributed by atoms with van der Waals surface area (Å²) in [5.41, 5.74) is 3.26. The van der Waals surface area contributed by atoms with Crippen LogP contribution < -0.4 is 10.6 Å². The van der Waals surface area contributed by atoms with Crippen LogP contribution in [0.4, 0.5) is 5.69 Å². The third-order valence-corrected chi connectivity index (χ3v) is 3.85. The van der Waals surface area contributed by atoms with E-state index in [9.17, 15) is 9.59 Å². The number of aromatic nitrogens is 2. The lowest BCUT2D eigenvalue weighted by atomic mass is 10.1. The summed E-state index contributed by atoms with van der Waals surface area (Å²) in [7, 11) is 0. The maximum atomic E-state index is 12.2. The molecule has 0 aliphatic heterocycles.